The summed E-state index contributed by atoms with van der Waals surface area (Å²) in [6, 6.07) is 84.2. The molecule has 0 fully saturated rings. The van der Waals surface area contributed by atoms with Gasteiger partial charge in [-0.05, 0) is 98.6 Å². The van der Waals surface area contributed by atoms with Gasteiger partial charge < -0.3 is 9.32 Å². The number of rotatable bonds is 9. The maximum Gasteiger partial charge on any atom is 0.135 e. The number of anilines is 3. The summed E-state index contributed by atoms with van der Waals surface area (Å²) in [5.41, 5.74) is 17.0. The second-order valence-corrected chi connectivity index (χ2v) is 14.5. The van der Waals surface area contributed by atoms with Crippen molar-refractivity contribution in [2.75, 3.05) is 4.90 Å². The van der Waals surface area contributed by atoms with Crippen LogP contribution in [0.2, 0.25) is 0 Å². The molecule has 0 saturated carbocycles. The number of hydrogen-bond acceptors (Lipinski definition) is 2. The van der Waals surface area contributed by atoms with E-state index in [1.807, 2.05) is 18.2 Å². The van der Waals surface area contributed by atoms with Crippen molar-refractivity contribution in [1.82, 2.24) is 0 Å². The van der Waals surface area contributed by atoms with Crippen molar-refractivity contribution in [2.45, 2.75) is 0 Å². The molecule has 0 unspecified atom stereocenters. The van der Waals surface area contributed by atoms with Crippen LogP contribution in [0.15, 0.2) is 241 Å². The summed E-state index contributed by atoms with van der Waals surface area (Å²) < 4.78 is 6.22. The summed E-state index contributed by atoms with van der Waals surface area (Å²) in [6.45, 7) is 0. The topological polar surface area (TPSA) is 16.4 Å². The second-order valence-electron chi connectivity index (χ2n) is 14.5. The molecule has 0 spiro atoms. The Bertz CT molecular complexity index is 2950. The molecule has 10 rings (SSSR count). The highest BCUT2D eigenvalue weighted by atomic mass is 16.3. The summed E-state index contributed by atoms with van der Waals surface area (Å²) in [5, 5.41) is 1.11. The third-order valence-electron chi connectivity index (χ3n) is 10.9. The largest absolute Gasteiger partial charge is 0.456 e. The standard InChI is InChI=1S/C56H39NO/c1-3-16-41(17-4-1)49-23-8-10-26-52(49)53-27-11-9-24-50(53)43-32-36-48(37-33-43)57(54-28-13-12-25-51(54)42-18-5-2-6-19-42)47-34-30-40(31-35-47)44-21-15-22-45(38-44)56-39-46-20-7-14-29-55(46)58-56/h1-39H. The molecule has 0 N–H and O–H groups in total. The van der Waals surface area contributed by atoms with Crippen LogP contribution in [0.5, 0.6) is 0 Å². The molecule has 0 atom stereocenters. The maximum absolute atomic E-state index is 6.22. The van der Waals surface area contributed by atoms with Gasteiger partial charge in [-0.3, -0.25) is 0 Å². The molecule has 0 aliphatic rings. The van der Waals surface area contributed by atoms with Crippen molar-refractivity contribution in [3.8, 4) is 67.0 Å². The van der Waals surface area contributed by atoms with Crippen LogP contribution in [-0.2, 0) is 0 Å². The predicted molar refractivity (Wildman–Crippen MR) is 244 cm³/mol. The third-order valence-corrected chi connectivity index (χ3v) is 10.9. The van der Waals surface area contributed by atoms with E-state index < -0.39 is 0 Å². The Morgan fingerprint density at radius 3 is 1.34 bits per heavy atom. The van der Waals surface area contributed by atoms with Gasteiger partial charge >= 0.3 is 0 Å². The van der Waals surface area contributed by atoms with E-state index in [2.05, 4.69) is 223 Å². The monoisotopic (exact) mass is 741 g/mol. The molecule has 0 aliphatic carbocycles. The number of furan rings is 1. The summed E-state index contributed by atoms with van der Waals surface area (Å²) in [4.78, 5) is 2.37. The van der Waals surface area contributed by atoms with Crippen molar-refractivity contribution >= 4 is 28.0 Å². The normalized spacial score (nSPS) is 11.1. The summed E-state index contributed by atoms with van der Waals surface area (Å²) >= 11 is 0. The number of hydrogen-bond donors (Lipinski definition) is 0. The molecular weight excluding hydrogens is 703 g/mol. The smallest absolute Gasteiger partial charge is 0.135 e. The SMILES string of the molecule is c1ccc(-c2ccccc2-c2ccccc2-c2ccc(N(c3ccc(-c4cccc(-c5cc6ccccc6o5)c4)cc3)c3ccccc3-c3ccccc3)cc2)cc1. The molecule has 0 amide bonds. The fraction of sp³-hybridized carbons (Fsp3) is 0. The minimum atomic E-state index is 0.870. The first-order valence-corrected chi connectivity index (χ1v) is 19.8. The first kappa shape index (κ1) is 34.8. The van der Waals surface area contributed by atoms with Gasteiger partial charge in [0.15, 0.2) is 0 Å². The zero-order valence-corrected chi connectivity index (χ0v) is 31.9. The van der Waals surface area contributed by atoms with Gasteiger partial charge in [0, 0.05) is 27.9 Å². The molecule has 0 radical (unpaired) electrons. The molecule has 2 heteroatoms. The van der Waals surface area contributed by atoms with Crippen molar-refractivity contribution in [2.24, 2.45) is 0 Å². The van der Waals surface area contributed by atoms with Crippen LogP contribution in [0.1, 0.15) is 0 Å². The lowest BCUT2D eigenvalue weighted by Crippen LogP contribution is -2.11. The van der Waals surface area contributed by atoms with E-state index in [-0.39, 0.29) is 0 Å². The fourth-order valence-electron chi connectivity index (χ4n) is 8.08. The Morgan fingerprint density at radius 2 is 0.724 bits per heavy atom. The fourth-order valence-corrected chi connectivity index (χ4v) is 8.08. The van der Waals surface area contributed by atoms with Gasteiger partial charge in [-0.15, -0.1) is 0 Å². The first-order valence-electron chi connectivity index (χ1n) is 19.8. The summed E-state index contributed by atoms with van der Waals surface area (Å²) in [5.74, 6) is 0.870. The molecule has 0 saturated heterocycles. The zero-order valence-electron chi connectivity index (χ0n) is 31.9. The summed E-state index contributed by atoms with van der Waals surface area (Å²) in [6.07, 6.45) is 0. The Kier molecular flexibility index (Phi) is 9.27. The average Bonchev–Trinajstić information content (AvgIpc) is 3.75. The molecule has 9 aromatic carbocycles. The van der Waals surface area contributed by atoms with E-state index in [0.29, 0.717) is 0 Å². The quantitative estimate of drug-likeness (QED) is 0.146. The second kappa shape index (κ2) is 15.5. The van der Waals surface area contributed by atoms with Crippen LogP contribution in [0.4, 0.5) is 17.1 Å². The highest BCUT2D eigenvalue weighted by molar-refractivity contribution is 5.93. The van der Waals surface area contributed by atoms with Crippen LogP contribution in [0.25, 0.3) is 77.9 Å². The van der Waals surface area contributed by atoms with Crippen LogP contribution < -0.4 is 4.90 Å². The lowest BCUT2D eigenvalue weighted by molar-refractivity contribution is 0.631. The number of nitrogens with zero attached hydrogens (tertiary/aromatic N) is 1. The molecule has 10 aromatic rings. The zero-order chi connectivity index (χ0) is 38.7. The lowest BCUT2D eigenvalue weighted by atomic mass is 9.89. The van der Waals surface area contributed by atoms with Crippen LogP contribution in [0.3, 0.4) is 0 Å². The number of para-hydroxylation sites is 2. The van der Waals surface area contributed by atoms with Gasteiger partial charge in [0.05, 0.1) is 5.69 Å². The van der Waals surface area contributed by atoms with Crippen LogP contribution in [-0.4, -0.2) is 0 Å². The Hall–Kier alpha value is -7.68. The molecule has 0 bridgehead atoms. The van der Waals surface area contributed by atoms with Gasteiger partial charge in [-0.25, -0.2) is 0 Å². The molecule has 1 aromatic heterocycles. The van der Waals surface area contributed by atoms with E-state index in [0.717, 1.165) is 61.6 Å². The average molecular weight is 742 g/mol. The van der Waals surface area contributed by atoms with Crippen molar-refractivity contribution < 1.29 is 4.42 Å². The van der Waals surface area contributed by atoms with Crippen LogP contribution in [0, 0.1) is 0 Å². The maximum atomic E-state index is 6.22. The van der Waals surface area contributed by atoms with Crippen molar-refractivity contribution in [3.05, 3.63) is 237 Å². The van der Waals surface area contributed by atoms with Gasteiger partial charge in [0.1, 0.15) is 11.3 Å². The van der Waals surface area contributed by atoms with Gasteiger partial charge in [0.2, 0.25) is 0 Å². The lowest BCUT2D eigenvalue weighted by Gasteiger charge is -2.28. The minimum absolute atomic E-state index is 0.870. The van der Waals surface area contributed by atoms with Gasteiger partial charge in [-0.1, -0.05) is 188 Å². The Labute approximate surface area is 339 Å². The molecule has 0 aliphatic heterocycles. The first-order chi connectivity index (χ1) is 28.8. The van der Waals surface area contributed by atoms with E-state index in [4.69, 9.17) is 4.42 Å². The van der Waals surface area contributed by atoms with E-state index in [9.17, 15) is 0 Å². The molecule has 58 heavy (non-hydrogen) atoms. The third kappa shape index (κ3) is 6.78. The highest BCUT2D eigenvalue weighted by Gasteiger charge is 2.19. The molecule has 2 nitrogen and oxygen atoms in total. The summed E-state index contributed by atoms with van der Waals surface area (Å²) in [7, 11) is 0. The van der Waals surface area contributed by atoms with Crippen molar-refractivity contribution in [3.63, 3.8) is 0 Å². The number of fused-ring (bicyclic) bond motifs is 1. The van der Waals surface area contributed by atoms with Crippen molar-refractivity contribution in [1.29, 1.82) is 0 Å². The Morgan fingerprint density at radius 1 is 0.276 bits per heavy atom. The van der Waals surface area contributed by atoms with E-state index in [1.54, 1.807) is 0 Å². The predicted octanol–water partition coefficient (Wildman–Crippen LogP) is 15.9. The molecular formula is C56H39NO. The van der Waals surface area contributed by atoms with E-state index >= 15 is 0 Å². The molecule has 274 valence electrons. The van der Waals surface area contributed by atoms with E-state index in [1.165, 1.54) is 33.4 Å². The number of benzene rings is 9. The van der Waals surface area contributed by atoms with Gasteiger partial charge in [-0.2, -0.15) is 0 Å². The minimum Gasteiger partial charge on any atom is -0.456 e. The molecule has 1 heterocycles. The van der Waals surface area contributed by atoms with Crippen LogP contribution >= 0.6 is 0 Å². The highest BCUT2D eigenvalue weighted by Crippen LogP contribution is 2.43. The Balaban J connectivity index is 1.04. The van der Waals surface area contributed by atoms with Gasteiger partial charge in [0.25, 0.3) is 0 Å².